The molecule has 0 saturated carbocycles. The summed E-state index contributed by atoms with van der Waals surface area (Å²) >= 11 is 0. The number of allylic oxidation sites excluding steroid dienone is 3. The van der Waals surface area contributed by atoms with E-state index in [-0.39, 0.29) is 6.17 Å². The predicted octanol–water partition coefficient (Wildman–Crippen LogP) is 12.2. The number of nitrogens with one attached hydrogen (secondary N) is 1. The zero-order valence-electron chi connectivity index (χ0n) is 26.1. The minimum absolute atomic E-state index is 0.0385. The van der Waals surface area contributed by atoms with Gasteiger partial charge in [-0.15, -0.1) is 0 Å². The molecule has 2 aliphatic rings. The van der Waals surface area contributed by atoms with E-state index in [0.717, 1.165) is 12.8 Å². The largest absolute Gasteiger partial charge is 0.359 e. The molecular weight excluding hydrogens is 569 g/mol. The van der Waals surface area contributed by atoms with Crippen LogP contribution in [0.2, 0.25) is 0 Å². The molecule has 1 atom stereocenters. The van der Waals surface area contributed by atoms with Gasteiger partial charge in [0.25, 0.3) is 0 Å². The lowest BCUT2D eigenvalue weighted by atomic mass is 9.85. The first-order valence-electron chi connectivity index (χ1n) is 16.5. The minimum atomic E-state index is 0.0385. The Morgan fingerprint density at radius 1 is 0.489 bits per heavy atom. The molecule has 224 valence electrons. The van der Waals surface area contributed by atoms with Crippen LogP contribution in [-0.2, 0) is 0 Å². The van der Waals surface area contributed by atoms with E-state index in [0.29, 0.717) is 0 Å². The first kappa shape index (κ1) is 27.5. The lowest BCUT2D eigenvalue weighted by molar-refractivity contribution is 0.791. The smallest absolute Gasteiger partial charge is 0.130 e. The molecule has 0 saturated heterocycles. The van der Waals surface area contributed by atoms with Gasteiger partial charge in [0.05, 0.1) is 11.4 Å². The van der Waals surface area contributed by atoms with Crippen LogP contribution in [0.1, 0.15) is 24.6 Å². The Morgan fingerprint density at radius 2 is 1.09 bits per heavy atom. The number of hydrogen-bond acceptors (Lipinski definition) is 2. The molecule has 1 aliphatic heterocycles. The van der Waals surface area contributed by atoms with Crippen molar-refractivity contribution >= 4 is 32.9 Å². The van der Waals surface area contributed by atoms with Gasteiger partial charge in [-0.25, -0.2) is 0 Å². The van der Waals surface area contributed by atoms with Gasteiger partial charge in [-0.3, -0.25) is 0 Å². The second kappa shape index (κ2) is 11.5. The van der Waals surface area contributed by atoms with E-state index in [1.807, 2.05) is 0 Å². The monoisotopic (exact) mass is 602 g/mol. The molecule has 9 rings (SSSR count). The quantitative estimate of drug-likeness (QED) is 0.197. The zero-order chi connectivity index (χ0) is 31.2. The molecule has 2 nitrogen and oxygen atoms in total. The minimum Gasteiger partial charge on any atom is -0.359 e. The molecule has 1 aliphatic carbocycles. The van der Waals surface area contributed by atoms with Crippen LogP contribution >= 0.6 is 0 Å². The first-order valence-corrected chi connectivity index (χ1v) is 16.5. The van der Waals surface area contributed by atoms with Gasteiger partial charge in [0, 0.05) is 5.70 Å². The van der Waals surface area contributed by atoms with Crippen molar-refractivity contribution in [2.75, 3.05) is 10.2 Å². The molecule has 0 fully saturated rings. The number of hydrogen-bond donors (Lipinski definition) is 1. The van der Waals surface area contributed by atoms with E-state index in [1.165, 1.54) is 77.6 Å². The summed E-state index contributed by atoms with van der Waals surface area (Å²) in [4.78, 5) is 2.44. The Kier molecular flexibility index (Phi) is 6.71. The molecule has 7 aromatic rings. The van der Waals surface area contributed by atoms with Gasteiger partial charge in [0.15, 0.2) is 0 Å². The van der Waals surface area contributed by atoms with Crippen LogP contribution in [0.5, 0.6) is 0 Å². The van der Waals surface area contributed by atoms with Gasteiger partial charge >= 0.3 is 0 Å². The van der Waals surface area contributed by atoms with Gasteiger partial charge in [0.1, 0.15) is 6.17 Å². The van der Waals surface area contributed by atoms with Crippen molar-refractivity contribution in [3.05, 3.63) is 181 Å². The van der Waals surface area contributed by atoms with Crippen LogP contribution in [0.4, 0.5) is 11.4 Å². The third-order valence-corrected chi connectivity index (χ3v) is 9.68. The molecule has 0 spiro atoms. The molecule has 1 heterocycles. The third kappa shape index (κ3) is 4.73. The molecule has 0 amide bonds. The summed E-state index contributed by atoms with van der Waals surface area (Å²) in [6.45, 7) is 0. The fourth-order valence-electron chi connectivity index (χ4n) is 7.50. The zero-order valence-corrected chi connectivity index (χ0v) is 26.1. The highest BCUT2D eigenvalue weighted by Crippen LogP contribution is 2.46. The first-order chi connectivity index (χ1) is 23.3. The van der Waals surface area contributed by atoms with Crippen LogP contribution < -0.4 is 10.2 Å². The highest BCUT2D eigenvalue weighted by molar-refractivity contribution is 6.21. The Morgan fingerprint density at radius 3 is 1.77 bits per heavy atom. The molecule has 0 radical (unpaired) electrons. The maximum absolute atomic E-state index is 3.80. The standard InChI is InChI=1S/C45H34N2/c1-4-14-32(15-5-1)43-37-20-10-11-21-38(37)44(33-16-6-2-7-17-33)40-30-35(28-29-39(40)43)31-24-26-34(27-25-31)45-46-41-22-12-13-23-42(41)47(45)36-18-8-3-9-19-36/h1-2,4-8,10-30,45-46H,3,9H2. The van der Waals surface area contributed by atoms with E-state index in [2.05, 4.69) is 180 Å². The Labute approximate surface area is 275 Å². The number of para-hydroxylation sites is 2. The van der Waals surface area contributed by atoms with Crippen molar-refractivity contribution in [2.45, 2.75) is 19.0 Å². The van der Waals surface area contributed by atoms with E-state index < -0.39 is 0 Å². The van der Waals surface area contributed by atoms with Crippen molar-refractivity contribution in [3.63, 3.8) is 0 Å². The van der Waals surface area contributed by atoms with Gasteiger partial charge in [0.2, 0.25) is 0 Å². The second-order valence-electron chi connectivity index (χ2n) is 12.5. The van der Waals surface area contributed by atoms with E-state index in [9.17, 15) is 0 Å². The van der Waals surface area contributed by atoms with Crippen LogP contribution in [0.25, 0.3) is 54.9 Å². The second-order valence-corrected chi connectivity index (χ2v) is 12.5. The maximum Gasteiger partial charge on any atom is 0.130 e. The molecule has 7 aromatic carbocycles. The van der Waals surface area contributed by atoms with Gasteiger partial charge in [-0.05, 0) is 97.6 Å². The average molecular weight is 603 g/mol. The summed E-state index contributed by atoms with van der Waals surface area (Å²) in [5.41, 5.74) is 12.4. The number of rotatable bonds is 5. The van der Waals surface area contributed by atoms with E-state index in [4.69, 9.17) is 0 Å². The number of fused-ring (bicyclic) bond motifs is 3. The van der Waals surface area contributed by atoms with Crippen molar-refractivity contribution in [2.24, 2.45) is 0 Å². The predicted molar refractivity (Wildman–Crippen MR) is 200 cm³/mol. The van der Waals surface area contributed by atoms with Crippen LogP contribution in [0, 0.1) is 0 Å². The Balaban J connectivity index is 1.18. The van der Waals surface area contributed by atoms with Crippen molar-refractivity contribution in [3.8, 4) is 33.4 Å². The van der Waals surface area contributed by atoms with Crippen molar-refractivity contribution < 1.29 is 0 Å². The summed E-state index contributed by atoms with van der Waals surface area (Å²) in [5, 5.41) is 8.89. The van der Waals surface area contributed by atoms with E-state index in [1.54, 1.807) is 0 Å². The van der Waals surface area contributed by atoms with E-state index >= 15 is 0 Å². The Hall–Kier alpha value is -5.86. The molecule has 0 bridgehead atoms. The molecule has 1 unspecified atom stereocenters. The summed E-state index contributed by atoms with van der Waals surface area (Å²) in [6.07, 6.45) is 9.12. The van der Waals surface area contributed by atoms with Crippen LogP contribution in [0.3, 0.4) is 0 Å². The normalized spacial score (nSPS) is 15.4. The van der Waals surface area contributed by atoms with Crippen LogP contribution in [0.15, 0.2) is 176 Å². The Bertz CT molecular complexity index is 2320. The number of benzene rings is 7. The summed E-state index contributed by atoms with van der Waals surface area (Å²) in [6, 6.07) is 55.3. The molecular formula is C45H34N2. The summed E-state index contributed by atoms with van der Waals surface area (Å²) in [7, 11) is 0. The fraction of sp³-hybridized carbons (Fsp3) is 0.0667. The third-order valence-electron chi connectivity index (χ3n) is 9.68. The SMILES string of the molecule is C1=CC(N2c3ccccc3NC2c2ccc(-c3ccc4c(-c5ccccc5)c5ccccc5c(-c5ccccc5)c4c3)cc2)=CCC1. The summed E-state index contributed by atoms with van der Waals surface area (Å²) < 4.78 is 0. The van der Waals surface area contributed by atoms with Gasteiger partial charge < -0.3 is 10.2 Å². The lowest BCUT2D eigenvalue weighted by Gasteiger charge is -2.29. The van der Waals surface area contributed by atoms with Gasteiger partial charge in [-0.1, -0.05) is 146 Å². The fourth-order valence-corrected chi connectivity index (χ4v) is 7.50. The van der Waals surface area contributed by atoms with Crippen molar-refractivity contribution in [1.29, 1.82) is 0 Å². The highest BCUT2D eigenvalue weighted by Gasteiger charge is 2.31. The van der Waals surface area contributed by atoms with Crippen LogP contribution in [-0.4, -0.2) is 0 Å². The summed E-state index contributed by atoms with van der Waals surface area (Å²) in [5.74, 6) is 0. The molecule has 0 aromatic heterocycles. The highest BCUT2D eigenvalue weighted by atomic mass is 15.3. The lowest BCUT2D eigenvalue weighted by Crippen LogP contribution is -2.27. The van der Waals surface area contributed by atoms with Gasteiger partial charge in [-0.2, -0.15) is 0 Å². The topological polar surface area (TPSA) is 15.3 Å². The number of nitrogens with zero attached hydrogens (tertiary/aromatic N) is 1. The van der Waals surface area contributed by atoms with Crippen molar-refractivity contribution in [1.82, 2.24) is 0 Å². The molecule has 47 heavy (non-hydrogen) atoms. The maximum atomic E-state index is 3.80. The molecule has 1 N–H and O–H groups in total. The number of anilines is 2. The molecule has 2 heteroatoms. The average Bonchev–Trinajstić information content (AvgIpc) is 3.54.